The first-order chi connectivity index (χ1) is 20.1. The van der Waals surface area contributed by atoms with E-state index in [4.69, 9.17) is 32.7 Å². The van der Waals surface area contributed by atoms with E-state index < -0.39 is 29.6 Å². The smallest absolute Gasteiger partial charge is 0.246 e. The van der Waals surface area contributed by atoms with E-state index in [0.717, 1.165) is 24.8 Å². The second-order valence-corrected chi connectivity index (χ2v) is 12.9. The number of ether oxygens (including phenoxy) is 2. The number of amides is 3. The van der Waals surface area contributed by atoms with Crippen molar-refractivity contribution in [3.63, 3.8) is 0 Å². The summed E-state index contributed by atoms with van der Waals surface area (Å²) in [5.74, 6) is -1.20. The SMILES string of the molecule is COc1cccc(CN2C(=O)[C@H]3[C@H](C(=O)Nc4cc(Cl)cc(Cl)c4)[C@H]4C=C[C@@]3(O4)[C@@H]2C(=O)N[C@@H]2CCC[C@H](C)[C@@H]2C)c1. The number of likely N-dealkylation sites (tertiary alicyclic amines) is 1. The maximum Gasteiger partial charge on any atom is 0.246 e. The van der Waals surface area contributed by atoms with Gasteiger partial charge in [0.1, 0.15) is 17.4 Å². The van der Waals surface area contributed by atoms with E-state index in [1.165, 1.54) is 0 Å². The normalized spacial score (nSPS) is 33.0. The number of methoxy groups -OCH3 is 1. The molecule has 2 bridgehead atoms. The molecule has 10 heteroatoms. The highest BCUT2D eigenvalue weighted by molar-refractivity contribution is 6.35. The monoisotopic (exact) mass is 611 g/mol. The molecule has 2 aromatic carbocycles. The molecule has 4 aliphatic rings. The Morgan fingerprint density at radius 2 is 1.86 bits per heavy atom. The maximum absolute atomic E-state index is 14.3. The van der Waals surface area contributed by atoms with Gasteiger partial charge < -0.3 is 25.0 Å². The van der Waals surface area contributed by atoms with Crippen LogP contribution in [0.25, 0.3) is 0 Å². The molecule has 0 radical (unpaired) electrons. The van der Waals surface area contributed by atoms with Crippen LogP contribution >= 0.6 is 23.2 Å². The topological polar surface area (TPSA) is 97.0 Å². The van der Waals surface area contributed by atoms with Crippen molar-refractivity contribution in [2.45, 2.75) is 63.4 Å². The molecule has 3 fully saturated rings. The quantitative estimate of drug-likeness (QED) is 0.418. The van der Waals surface area contributed by atoms with Crippen LogP contribution in [0.5, 0.6) is 5.75 Å². The molecule has 2 saturated heterocycles. The summed E-state index contributed by atoms with van der Waals surface area (Å²) >= 11 is 12.3. The van der Waals surface area contributed by atoms with Gasteiger partial charge in [0.15, 0.2) is 0 Å². The third-order valence-corrected chi connectivity index (χ3v) is 10.0. The van der Waals surface area contributed by atoms with E-state index in [0.29, 0.717) is 33.3 Å². The third-order valence-electron chi connectivity index (χ3n) is 9.58. The Labute approximate surface area is 255 Å². The second-order valence-electron chi connectivity index (χ2n) is 12.0. The summed E-state index contributed by atoms with van der Waals surface area (Å²) in [5.41, 5.74) is -0.0290. The number of halogens is 2. The van der Waals surface area contributed by atoms with Crippen LogP contribution in [-0.2, 0) is 25.7 Å². The zero-order valence-electron chi connectivity index (χ0n) is 23.8. The highest BCUT2D eigenvalue weighted by atomic mass is 35.5. The summed E-state index contributed by atoms with van der Waals surface area (Å²) < 4.78 is 11.9. The molecule has 2 N–H and O–H groups in total. The van der Waals surface area contributed by atoms with Gasteiger partial charge in [-0.3, -0.25) is 14.4 Å². The van der Waals surface area contributed by atoms with E-state index in [9.17, 15) is 14.4 Å². The molecule has 1 spiro atoms. The molecule has 3 aliphatic heterocycles. The number of anilines is 1. The number of hydrogen-bond acceptors (Lipinski definition) is 5. The van der Waals surface area contributed by atoms with Gasteiger partial charge in [0.25, 0.3) is 0 Å². The number of carbonyl (C=O) groups is 3. The van der Waals surface area contributed by atoms with Crippen LogP contribution in [0.2, 0.25) is 10.0 Å². The number of nitrogens with one attached hydrogen (secondary N) is 2. The lowest BCUT2D eigenvalue weighted by Crippen LogP contribution is -2.57. The van der Waals surface area contributed by atoms with Crippen LogP contribution in [0.3, 0.4) is 0 Å². The molecule has 8 nitrogen and oxygen atoms in total. The molecule has 0 aromatic heterocycles. The van der Waals surface area contributed by atoms with Crippen molar-refractivity contribution in [1.82, 2.24) is 10.2 Å². The van der Waals surface area contributed by atoms with Crippen LogP contribution in [0.15, 0.2) is 54.6 Å². The first-order valence-corrected chi connectivity index (χ1v) is 15.2. The van der Waals surface area contributed by atoms with Crippen LogP contribution in [0.4, 0.5) is 5.69 Å². The zero-order chi connectivity index (χ0) is 29.8. The summed E-state index contributed by atoms with van der Waals surface area (Å²) in [5, 5.41) is 6.91. The summed E-state index contributed by atoms with van der Waals surface area (Å²) in [4.78, 5) is 43.8. The highest BCUT2D eigenvalue weighted by Gasteiger charge is 2.72. The number of fused-ring (bicyclic) bond motifs is 1. The standard InChI is InChI=1S/C32H35Cl2N3O5/c1-17-6-4-9-24(18(17)2)36-30(39)28-32-11-10-25(42-32)26(29(38)35-22-14-20(33)13-21(34)15-22)27(32)31(40)37(28)16-19-7-5-8-23(12-19)41-3/h5,7-8,10-15,17-18,24-28H,4,6,9,16H2,1-3H3,(H,35,38)(H,36,39)/t17-,18-,24+,25+,26+,27+,28-,32-/m0/s1. The summed E-state index contributed by atoms with van der Waals surface area (Å²) in [6, 6.07) is 11.2. The maximum atomic E-state index is 14.3. The summed E-state index contributed by atoms with van der Waals surface area (Å²) in [7, 11) is 1.58. The van der Waals surface area contributed by atoms with Gasteiger partial charge in [0.05, 0.1) is 25.0 Å². The number of nitrogens with zero attached hydrogens (tertiary/aromatic N) is 1. The van der Waals surface area contributed by atoms with E-state index in [-0.39, 0.29) is 30.3 Å². The fourth-order valence-corrected chi connectivity index (χ4v) is 7.83. The number of rotatable bonds is 7. The van der Waals surface area contributed by atoms with Gasteiger partial charge in [-0.15, -0.1) is 0 Å². The Bertz CT molecular complexity index is 1430. The third kappa shape index (κ3) is 4.97. The lowest BCUT2D eigenvalue weighted by atomic mass is 9.73. The molecule has 3 heterocycles. The van der Waals surface area contributed by atoms with E-state index >= 15 is 0 Å². The predicted octanol–water partition coefficient (Wildman–Crippen LogP) is 5.23. The molecule has 2 aromatic rings. The second kappa shape index (κ2) is 11.2. The molecule has 222 valence electrons. The Morgan fingerprint density at radius 3 is 2.60 bits per heavy atom. The van der Waals surface area contributed by atoms with E-state index in [1.54, 1.807) is 36.3 Å². The number of benzene rings is 2. The first-order valence-electron chi connectivity index (χ1n) is 14.5. The Kier molecular flexibility index (Phi) is 7.75. The van der Waals surface area contributed by atoms with Gasteiger partial charge in [-0.05, 0) is 54.2 Å². The molecule has 0 unspecified atom stereocenters. The largest absolute Gasteiger partial charge is 0.497 e. The summed E-state index contributed by atoms with van der Waals surface area (Å²) in [6.45, 7) is 4.55. The van der Waals surface area contributed by atoms with Crippen LogP contribution in [0, 0.1) is 23.7 Å². The first kappa shape index (κ1) is 29.0. The minimum Gasteiger partial charge on any atom is -0.497 e. The molecule has 8 atom stereocenters. The van der Waals surface area contributed by atoms with Crippen molar-refractivity contribution in [3.05, 3.63) is 70.2 Å². The fourth-order valence-electron chi connectivity index (χ4n) is 7.30. The molecule has 1 saturated carbocycles. The molecule has 6 rings (SSSR count). The van der Waals surface area contributed by atoms with Crippen LogP contribution in [-0.4, -0.2) is 53.5 Å². The van der Waals surface area contributed by atoms with Crippen molar-refractivity contribution < 1.29 is 23.9 Å². The summed E-state index contributed by atoms with van der Waals surface area (Å²) in [6.07, 6.45) is 6.04. The van der Waals surface area contributed by atoms with Crippen molar-refractivity contribution in [2.24, 2.45) is 23.7 Å². The van der Waals surface area contributed by atoms with Gasteiger partial charge in [0, 0.05) is 28.3 Å². The molecule has 1 aliphatic carbocycles. The molecular weight excluding hydrogens is 577 g/mol. The zero-order valence-corrected chi connectivity index (χ0v) is 25.3. The van der Waals surface area contributed by atoms with Crippen LogP contribution in [0.1, 0.15) is 38.7 Å². The van der Waals surface area contributed by atoms with E-state index in [2.05, 4.69) is 24.5 Å². The van der Waals surface area contributed by atoms with Crippen molar-refractivity contribution >= 4 is 46.6 Å². The van der Waals surface area contributed by atoms with Crippen molar-refractivity contribution in [1.29, 1.82) is 0 Å². The lowest BCUT2D eigenvalue weighted by Gasteiger charge is -2.38. The van der Waals surface area contributed by atoms with E-state index in [1.807, 2.05) is 30.3 Å². The average molecular weight is 613 g/mol. The van der Waals surface area contributed by atoms with Crippen molar-refractivity contribution in [3.8, 4) is 5.75 Å². The predicted molar refractivity (Wildman–Crippen MR) is 160 cm³/mol. The lowest BCUT2D eigenvalue weighted by molar-refractivity contribution is -0.142. The Morgan fingerprint density at radius 1 is 1.10 bits per heavy atom. The molecule has 42 heavy (non-hydrogen) atoms. The number of carbonyl (C=O) groups excluding carboxylic acids is 3. The van der Waals surface area contributed by atoms with Gasteiger partial charge in [-0.2, -0.15) is 0 Å². The molecular formula is C32H35Cl2N3O5. The Balaban J connectivity index is 1.34. The average Bonchev–Trinajstić information content (AvgIpc) is 3.58. The van der Waals surface area contributed by atoms with Gasteiger partial charge >= 0.3 is 0 Å². The minimum absolute atomic E-state index is 0.000253. The highest BCUT2D eigenvalue weighted by Crippen LogP contribution is 2.55. The van der Waals surface area contributed by atoms with Gasteiger partial charge in [0.2, 0.25) is 17.7 Å². The van der Waals surface area contributed by atoms with Crippen molar-refractivity contribution in [2.75, 3.05) is 12.4 Å². The Hall–Kier alpha value is -3.07. The molecule has 3 amide bonds. The van der Waals surface area contributed by atoms with Gasteiger partial charge in [-0.1, -0.05) is 74.2 Å². The number of hydrogen-bond donors (Lipinski definition) is 2. The van der Waals surface area contributed by atoms with Crippen LogP contribution < -0.4 is 15.4 Å². The van der Waals surface area contributed by atoms with Gasteiger partial charge in [-0.25, -0.2) is 0 Å². The minimum atomic E-state index is -1.26. The fraction of sp³-hybridized carbons (Fsp3) is 0.469.